The van der Waals surface area contributed by atoms with Crippen molar-refractivity contribution in [2.45, 2.75) is 18.0 Å². The van der Waals surface area contributed by atoms with Gasteiger partial charge in [0.1, 0.15) is 5.54 Å². The van der Waals surface area contributed by atoms with Crippen LogP contribution in [0, 0.1) is 11.8 Å². The zero-order valence-corrected chi connectivity index (χ0v) is 15.4. The normalized spacial score (nSPS) is 32.3. The summed E-state index contributed by atoms with van der Waals surface area (Å²) in [6.07, 6.45) is 2.39. The quantitative estimate of drug-likeness (QED) is 0.623. The molecule has 2 saturated heterocycles. The van der Waals surface area contributed by atoms with E-state index in [-0.39, 0.29) is 17.9 Å². The van der Waals surface area contributed by atoms with Crippen molar-refractivity contribution in [3.8, 4) is 0 Å². The second kappa shape index (κ2) is 6.50. The first-order valence-electron chi connectivity index (χ1n) is 7.67. The molecule has 24 heavy (non-hydrogen) atoms. The van der Waals surface area contributed by atoms with Crippen LogP contribution in [0.1, 0.15) is 17.3 Å². The van der Waals surface area contributed by atoms with Gasteiger partial charge in [-0.2, -0.15) is 11.8 Å². The lowest BCUT2D eigenvalue weighted by molar-refractivity contribution is -0.154. The van der Waals surface area contributed by atoms with Gasteiger partial charge in [0.15, 0.2) is 0 Å². The summed E-state index contributed by atoms with van der Waals surface area (Å²) in [5.74, 6) is -1.60. The van der Waals surface area contributed by atoms with Gasteiger partial charge in [0.2, 0.25) is 11.8 Å². The van der Waals surface area contributed by atoms with E-state index in [1.807, 2.05) is 23.8 Å². The molecular formula is C16H20N2O4S2. The Hall–Kier alpha value is -1.38. The van der Waals surface area contributed by atoms with Crippen molar-refractivity contribution < 1.29 is 19.1 Å². The van der Waals surface area contributed by atoms with Crippen molar-refractivity contribution in [2.24, 2.45) is 11.8 Å². The fraction of sp³-hybridized carbons (Fsp3) is 0.562. The lowest BCUT2D eigenvalue weighted by atomic mass is 9.78. The van der Waals surface area contributed by atoms with Crippen molar-refractivity contribution in [1.82, 2.24) is 10.2 Å². The van der Waals surface area contributed by atoms with Crippen LogP contribution in [-0.4, -0.2) is 54.4 Å². The Labute approximate surface area is 148 Å². The van der Waals surface area contributed by atoms with Crippen LogP contribution in [-0.2, 0) is 19.1 Å². The number of amides is 2. The largest absolute Gasteiger partial charge is 0.468 e. The van der Waals surface area contributed by atoms with Gasteiger partial charge in [0.05, 0.1) is 25.0 Å². The average Bonchev–Trinajstić information content (AvgIpc) is 3.27. The number of esters is 1. The van der Waals surface area contributed by atoms with E-state index in [9.17, 15) is 14.4 Å². The number of nitrogens with zero attached hydrogens (tertiary/aromatic N) is 1. The van der Waals surface area contributed by atoms with E-state index in [1.54, 1.807) is 11.8 Å². The minimum atomic E-state index is -1.16. The second-order valence-electron chi connectivity index (χ2n) is 6.08. The summed E-state index contributed by atoms with van der Waals surface area (Å²) in [7, 11) is 2.81. The van der Waals surface area contributed by atoms with E-state index < -0.39 is 23.3 Å². The molecule has 2 amide bonds. The number of rotatable bonds is 5. The van der Waals surface area contributed by atoms with E-state index in [2.05, 4.69) is 5.32 Å². The third-order valence-electron chi connectivity index (χ3n) is 4.97. The molecule has 130 valence electrons. The van der Waals surface area contributed by atoms with E-state index in [4.69, 9.17) is 4.74 Å². The summed E-state index contributed by atoms with van der Waals surface area (Å²) in [5, 5.41) is 5.26. The van der Waals surface area contributed by atoms with Crippen LogP contribution in [0.2, 0.25) is 0 Å². The number of hydrogen-bond acceptors (Lipinski definition) is 7. The molecular weight excluding hydrogens is 348 g/mol. The maximum absolute atomic E-state index is 12.8. The average molecular weight is 368 g/mol. The summed E-state index contributed by atoms with van der Waals surface area (Å²) in [5.41, 5.74) is -1.16. The Morgan fingerprint density at radius 3 is 2.79 bits per heavy atom. The number of thiophene rings is 1. The molecule has 8 heteroatoms. The number of carbonyl (C=O) groups is 3. The van der Waals surface area contributed by atoms with E-state index in [0.29, 0.717) is 12.2 Å². The first kappa shape index (κ1) is 17.4. The van der Waals surface area contributed by atoms with Gasteiger partial charge in [-0.05, 0) is 29.9 Å². The second-order valence-corrected chi connectivity index (χ2v) is 8.05. The van der Waals surface area contributed by atoms with Gasteiger partial charge in [0.25, 0.3) is 0 Å². The van der Waals surface area contributed by atoms with Gasteiger partial charge in [-0.3, -0.25) is 24.6 Å². The summed E-state index contributed by atoms with van der Waals surface area (Å²) < 4.78 is 5.04. The van der Waals surface area contributed by atoms with Crippen molar-refractivity contribution in [2.75, 3.05) is 26.2 Å². The zero-order valence-electron chi connectivity index (χ0n) is 13.8. The topological polar surface area (TPSA) is 75.7 Å². The number of thioether (sulfide) groups is 1. The summed E-state index contributed by atoms with van der Waals surface area (Å²) in [4.78, 5) is 40.3. The minimum Gasteiger partial charge on any atom is -0.468 e. The summed E-state index contributed by atoms with van der Waals surface area (Å²) in [6, 6.07) is 3.48. The predicted molar refractivity (Wildman–Crippen MR) is 92.7 cm³/mol. The smallest absolute Gasteiger partial charge is 0.326 e. The molecule has 0 aliphatic carbocycles. The van der Waals surface area contributed by atoms with Crippen LogP contribution < -0.4 is 5.32 Å². The van der Waals surface area contributed by atoms with Crippen LogP contribution in [0.25, 0.3) is 0 Å². The molecule has 6 nitrogen and oxygen atoms in total. The highest BCUT2D eigenvalue weighted by molar-refractivity contribution is 7.98. The number of fused-ring (bicyclic) bond motifs is 1. The van der Waals surface area contributed by atoms with Crippen molar-refractivity contribution in [3.63, 3.8) is 0 Å². The standard InChI is InChI=1S/C16H20N2O4S2/c1-18-13(19)10-11(14(18)20)16(6-8-23-3,15(21)22-2)17-12(10)9-5-4-7-24-9/h4-5,7,10-12,17H,6,8H2,1-3H3/t10-,11-,12+,16+/m0/s1. The number of imide groups is 1. The Balaban J connectivity index is 2.10. The SMILES string of the molecule is COC(=O)[C@]1(CCSC)N[C@H](c2cccs2)[C@H]2C(=O)N(C)C(=O)[C@H]21. The van der Waals surface area contributed by atoms with Gasteiger partial charge in [-0.25, -0.2) is 0 Å². The zero-order chi connectivity index (χ0) is 17.5. The first-order valence-corrected chi connectivity index (χ1v) is 9.95. The van der Waals surface area contributed by atoms with Crippen molar-refractivity contribution in [1.29, 1.82) is 0 Å². The van der Waals surface area contributed by atoms with Gasteiger partial charge < -0.3 is 4.74 Å². The maximum atomic E-state index is 12.8. The van der Waals surface area contributed by atoms with E-state index >= 15 is 0 Å². The Morgan fingerprint density at radius 2 is 2.21 bits per heavy atom. The van der Waals surface area contributed by atoms with Crippen LogP contribution in [0.4, 0.5) is 0 Å². The highest BCUT2D eigenvalue weighted by atomic mass is 32.2. The van der Waals surface area contributed by atoms with Crippen LogP contribution >= 0.6 is 23.1 Å². The Bertz CT molecular complexity index is 663. The highest BCUT2D eigenvalue weighted by Crippen LogP contribution is 2.50. The van der Waals surface area contributed by atoms with Crippen molar-refractivity contribution in [3.05, 3.63) is 22.4 Å². The van der Waals surface area contributed by atoms with Crippen LogP contribution in [0.5, 0.6) is 0 Å². The molecule has 2 aliphatic heterocycles. The maximum Gasteiger partial charge on any atom is 0.326 e. The van der Waals surface area contributed by atoms with Crippen molar-refractivity contribution >= 4 is 40.9 Å². The molecule has 1 aromatic rings. The molecule has 0 bridgehead atoms. The van der Waals surface area contributed by atoms with Gasteiger partial charge in [-0.15, -0.1) is 11.3 Å². The van der Waals surface area contributed by atoms with Gasteiger partial charge in [-0.1, -0.05) is 6.07 Å². The Morgan fingerprint density at radius 1 is 1.46 bits per heavy atom. The van der Waals surface area contributed by atoms with Gasteiger partial charge in [0, 0.05) is 11.9 Å². The molecule has 2 fully saturated rings. The Kier molecular flexibility index (Phi) is 4.72. The number of carbonyl (C=O) groups excluding carboxylic acids is 3. The van der Waals surface area contributed by atoms with E-state index in [0.717, 1.165) is 9.78 Å². The fourth-order valence-corrected chi connectivity index (χ4v) is 5.17. The number of methoxy groups -OCH3 is 1. The molecule has 3 heterocycles. The predicted octanol–water partition coefficient (Wildman–Crippen LogP) is 1.29. The molecule has 0 radical (unpaired) electrons. The molecule has 1 aromatic heterocycles. The fourth-order valence-electron chi connectivity index (χ4n) is 3.82. The lowest BCUT2D eigenvalue weighted by Gasteiger charge is -2.31. The van der Waals surface area contributed by atoms with Gasteiger partial charge >= 0.3 is 5.97 Å². The summed E-state index contributed by atoms with van der Waals surface area (Å²) >= 11 is 3.11. The third kappa shape index (κ3) is 2.39. The monoisotopic (exact) mass is 368 g/mol. The molecule has 0 saturated carbocycles. The number of hydrogen-bond donors (Lipinski definition) is 1. The van der Waals surface area contributed by atoms with Crippen LogP contribution in [0.15, 0.2) is 17.5 Å². The highest BCUT2D eigenvalue weighted by Gasteiger charge is 2.68. The lowest BCUT2D eigenvalue weighted by Crippen LogP contribution is -2.56. The molecule has 4 atom stereocenters. The van der Waals surface area contributed by atoms with Crippen LogP contribution in [0.3, 0.4) is 0 Å². The number of nitrogens with one attached hydrogen (secondary N) is 1. The third-order valence-corrected chi connectivity index (χ3v) is 6.54. The molecule has 2 aliphatic rings. The molecule has 3 rings (SSSR count). The minimum absolute atomic E-state index is 0.231. The summed E-state index contributed by atoms with van der Waals surface area (Å²) in [6.45, 7) is 0. The molecule has 0 spiro atoms. The molecule has 0 unspecified atom stereocenters. The first-order chi connectivity index (χ1) is 11.5. The number of likely N-dealkylation sites (tertiary alicyclic amines) is 1. The number of ether oxygens (including phenoxy) is 1. The molecule has 0 aromatic carbocycles. The molecule has 1 N–H and O–H groups in total. The van der Waals surface area contributed by atoms with E-state index in [1.165, 1.54) is 25.5 Å².